The van der Waals surface area contributed by atoms with Crippen LogP contribution in [0.4, 0.5) is 0 Å². The summed E-state index contributed by atoms with van der Waals surface area (Å²) >= 11 is 0. The number of piperidine rings is 1. The van der Waals surface area contributed by atoms with Crippen molar-refractivity contribution >= 4 is 5.78 Å². The van der Waals surface area contributed by atoms with Crippen LogP contribution in [0.15, 0.2) is 11.8 Å². The smallest absolute Gasteiger partial charge is 0.157 e. The van der Waals surface area contributed by atoms with Gasteiger partial charge in [-0.05, 0) is 55.3 Å². The molecule has 1 saturated heterocycles. The third-order valence-corrected chi connectivity index (χ3v) is 7.71. The van der Waals surface area contributed by atoms with Gasteiger partial charge in [0, 0.05) is 37.2 Å². The molecule has 0 bridgehead atoms. The van der Waals surface area contributed by atoms with E-state index in [0.29, 0.717) is 11.2 Å². The van der Waals surface area contributed by atoms with Crippen molar-refractivity contribution in [1.82, 2.24) is 4.90 Å². The highest BCUT2D eigenvalue weighted by Crippen LogP contribution is 2.63. The number of likely N-dealkylation sites (tertiary alicyclic amines) is 1. The molecule has 0 radical (unpaired) electrons. The first-order valence-corrected chi connectivity index (χ1v) is 8.90. The summed E-state index contributed by atoms with van der Waals surface area (Å²) < 4.78 is 0. The number of nitrogens with zero attached hydrogens (tertiary/aromatic N) is 1. The minimum Gasteiger partial charge on any atom is -0.377 e. The minimum atomic E-state index is 0.259. The molecule has 0 aromatic carbocycles. The van der Waals surface area contributed by atoms with Crippen molar-refractivity contribution in [3.05, 3.63) is 11.8 Å². The number of carbonyl (C=O) groups excluding carboxylic acids is 1. The van der Waals surface area contributed by atoms with Crippen molar-refractivity contribution in [1.29, 1.82) is 0 Å². The van der Waals surface area contributed by atoms with Crippen molar-refractivity contribution in [3.8, 4) is 0 Å². The highest BCUT2D eigenvalue weighted by molar-refractivity contribution is 5.91. The molecule has 0 aromatic heterocycles. The molecule has 2 saturated carbocycles. The highest BCUT2D eigenvalue weighted by atomic mass is 16.1. The zero-order valence-corrected chi connectivity index (χ0v) is 13.8. The fourth-order valence-electron chi connectivity index (χ4n) is 6.56. The molecule has 1 heterocycles. The lowest BCUT2D eigenvalue weighted by molar-refractivity contribution is -0.118. The molecule has 5 atom stereocenters. The Morgan fingerprint density at radius 1 is 1.14 bits per heavy atom. The maximum atomic E-state index is 11.9. The van der Waals surface area contributed by atoms with Crippen LogP contribution in [0.25, 0.3) is 0 Å². The molecule has 0 N–H and O–H groups in total. The van der Waals surface area contributed by atoms with E-state index in [2.05, 4.69) is 25.8 Å². The molecular weight excluding hydrogens is 258 g/mol. The average molecular weight is 287 g/mol. The molecule has 2 heteroatoms. The normalized spacial score (nSPS) is 49.3. The molecule has 4 aliphatic rings. The van der Waals surface area contributed by atoms with E-state index in [0.717, 1.165) is 30.6 Å². The predicted octanol–water partition coefficient (Wildman–Crippen LogP) is 4.02. The van der Waals surface area contributed by atoms with Gasteiger partial charge in [0.1, 0.15) is 0 Å². The first-order valence-electron chi connectivity index (χ1n) is 8.90. The summed E-state index contributed by atoms with van der Waals surface area (Å²) in [6.07, 6.45) is 10.9. The molecule has 4 rings (SSSR count). The summed E-state index contributed by atoms with van der Waals surface area (Å²) in [7, 11) is 2.22. The van der Waals surface area contributed by atoms with E-state index in [1.807, 2.05) is 6.08 Å². The van der Waals surface area contributed by atoms with Crippen LogP contribution >= 0.6 is 0 Å². The van der Waals surface area contributed by atoms with Gasteiger partial charge in [0.05, 0.1) is 0 Å². The maximum Gasteiger partial charge on any atom is 0.157 e. The molecule has 0 spiro atoms. The molecular formula is C19H29NO. The van der Waals surface area contributed by atoms with Crippen molar-refractivity contribution < 1.29 is 4.79 Å². The molecule has 21 heavy (non-hydrogen) atoms. The van der Waals surface area contributed by atoms with E-state index in [1.54, 1.807) is 0 Å². The predicted molar refractivity (Wildman–Crippen MR) is 84.7 cm³/mol. The topological polar surface area (TPSA) is 20.3 Å². The van der Waals surface area contributed by atoms with E-state index >= 15 is 0 Å². The SMILES string of the molecule is CN1C[C@@H]2[C@@H](CC[C@]3(C)CCC[C@@H]23)[C@@]2(C)CCC(=O)C=C12. The lowest BCUT2D eigenvalue weighted by Crippen LogP contribution is -2.56. The Hall–Kier alpha value is -0.790. The van der Waals surface area contributed by atoms with Crippen LogP contribution in [0, 0.1) is 28.6 Å². The van der Waals surface area contributed by atoms with Gasteiger partial charge < -0.3 is 4.90 Å². The first-order chi connectivity index (χ1) is 9.94. The number of ketones is 1. The Balaban J connectivity index is 1.73. The van der Waals surface area contributed by atoms with E-state index in [4.69, 9.17) is 0 Å². The largest absolute Gasteiger partial charge is 0.377 e. The second-order valence-electron chi connectivity index (χ2n) is 8.76. The second kappa shape index (κ2) is 4.36. The number of allylic oxidation sites excluding steroid dienone is 2. The third-order valence-electron chi connectivity index (χ3n) is 7.71. The molecule has 0 aromatic rings. The molecule has 2 nitrogen and oxygen atoms in total. The number of carbonyl (C=O) groups is 1. The fourth-order valence-corrected chi connectivity index (χ4v) is 6.56. The van der Waals surface area contributed by atoms with Gasteiger partial charge in [-0.15, -0.1) is 0 Å². The van der Waals surface area contributed by atoms with Gasteiger partial charge >= 0.3 is 0 Å². The summed E-state index contributed by atoms with van der Waals surface area (Å²) in [6.45, 7) is 6.19. The van der Waals surface area contributed by atoms with Gasteiger partial charge in [-0.2, -0.15) is 0 Å². The lowest BCUT2D eigenvalue weighted by Gasteiger charge is -2.59. The summed E-state index contributed by atoms with van der Waals surface area (Å²) in [5, 5.41) is 0. The van der Waals surface area contributed by atoms with Crippen LogP contribution in [-0.4, -0.2) is 24.3 Å². The summed E-state index contributed by atoms with van der Waals surface area (Å²) in [6, 6.07) is 0. The molecule has 1 aliphatic heterocycles. The molecule has 3 fully saturated rings. The number of rotatable bonds is 0. The molecule has 0 amide bonds. The highest BCUT2D eigenvalue weighted by Gasteiger charge is 2.57. The van der Waals surface area contributed by atoms with Crippen molar-refractivity contribution in [3.63, 3.8) is 0 Å². The summed E-state index contributed by atoms with van der Waals surface area (Å²) in [4.78, 5) is 14.3. The van der Waals surface area contributed by atoms with E-state index in [9.17, 15) is 4.79 Å². The van der Waals surface area contributed by atoms with Crippen LogP contribution in [0.2, 0.25) is 0 Å². The van der Waals surface area contributed by atoms with Gasteiger partial charge in [0.15, 0.2) is 5.78 Å². The number of hydrogen-bond donors (Lipinski definition) is 0. The van der Waals surface area contributed by atoms with E-state index < -0.39 is 0 Å². The standard InChI is InChI=1S/C19H29NO/c1-18-8-4-5-15(18)14-12-20(3)17-11-13(21)6-10-19(17,2)16(14)7-9-18/h11,14-16H,4-10,12H2,1-3H3/t14-,15-,16+,18-,19+/m0/s1. The molecule has 116 valence electrons. The van der Waals surface area contributed by atoms with Crippen molar-refractivity contribution in [2.24, 2.45) is 28.6 Å². The summed E-state index contributed by atoms with van der Waals surface area (Å²) in [5.41, 5.74) is 2.22. The Labute approximate surface area is 129 Å². The van der Waals surface area contributed by atoms with Crippen LogP contribution in [0.5, 0.6) is 0 Å². The van der Waals surface area contributed by atoms with E-state index in [-0.39, 0.29) is 5.41 Å². The zero-order chi connectivity index (χ0) is 14.8. The van der Waals surface area contributed by atoms with Crippen LogP contribution in [0.3, 0.4) is 0 Å². The van der Waals surface area contributed by atoms with Crippen LogP contribution in [-0.2, 0) is 4.79 Å². The van der Waals surface area contributed by atoms with Crippen LogP contribution in [0.1, 0.15) is 58.8 Å². The molecule has 0 unspecified atom stereocenters. The Kier molecular flexibility index (Phi) is 2.88. The lowest BCUT2D eigenvalue weighted by atomic mass is 9.50. The Morgan fingerprint density at radius 3 is 2.76 bits per heavy atom. The van der Waals surface area contributed by atoms with Gasteiger partial charge in [0.25, 0.3) is 0 Å². The second-order valence-corrected chi connectivity index (χ2v) is 8.76. The fraction of sp³-hybridized carbons (Fsp3) is 0.842. The van der Waals surface area contributed by atoms with Crippen molar-refractivity contribution in [2.75, 3.05) is 13.6 Å². The molecule has 3 aliphatic carbocycles. The minimum absolute atomic E-state index is 0.259. The average Bonchev–Trinajstić information content (AvgIpc) is 2.83. The summed E-state index contributed by atoms with van der Waals surface area (Å²) in [5.74, 6) is 2.93. The van der Waals surface area contributed by atoms with Gasteiger partial charge in [-0.3, -0.25) is 4.79 Å². The van der Waals surface area contributed by atoms with Crippen LogP contribution < -0.4 is 0 Å². The Bertz CT molecular complexity index is 510. The van der Waals surface area contributed by atoms with Crippen molar-refractivity contribution in [2.45, 2.75) is 58.8 Å². The maximum absolute atomic E-state index is 11.9. The third kappa shape index (κ3) is 1.80. The van der Waals surface area contributed by atoms with Gasteiger partial charge in [-0.1, -0.05) is 20.3 Å². The quantitative estimate of drug-likeness (QED) is 0.671. The zero-order valence-electron chi connectivity index (χ0n) is 13.8. The monoisotopic (exact) mass is 287 g/mol. The first kappa shape index (κ1) is 13.8. The van der Waals surface area contributed by atoms with Gasteiger partial charge in [0.2, 0.25) is 0 Å². The number of fused-ring (bicyclic) bond motifs is 5. The van der Waals surface area contributed by atoms with E-state index in [1.165, 1.54) is 44.3 Å². The van der Waals surface area contributed by atoms with Gasteiger partial charge in [-0.25, -0.2) is 0 Å². The number of hydrogen-bond acceptors (Lipinski definition) is 2. The Morgan fingerprint density at radius 2 is 1.95 bits per heavy atom.